The molecule has 1 fully saturated rings. The van der Waals surface area contributed by atoms with E-state index in [9.17, 15) is 0 Å². The van der Waals surface area contributed by atoms with Gasteiger partial charge in [0.2, 0.25) is 0 Å². The fourth-order valence-corrected chi connectivity index (χ4v) is 2.19. The average molecular weight is 191 g/mol. The van der Waals surface area contributed by atoms with E-state index in [-0.39, 0.29) is 5.41 Å². The Bertz CT molecular complexity index is 278. The van der Waals surface area contributed by atoms with Crippen LogP contribution in [0.2, 0.25) is 0 Å². The van der Waals surface area contributed by atoms with Crippen LogP contribution in [-0.2, 0) is 5.41 Å². The van der Waals surface area contributed by atoms with Gasteiger partial charge in [-0.2, -0.15) is 0 Å². The minimum absolute atomic E-state index is 0.166. The van der Waals surface area contributed by atoms with Gasteiger partial charge in [-0.15, -0.1) is 0 Å². The van der Waals surface area contributed by atoms with Crippen LogP contribution < -0.4 is 11.1 Å². The molecule has 14 heavy (non-hydrogen) atoms. The molecule has 3 heteroatoms. The SMILES string of the molecule is NCC1(c2cccnc2)CCNCC1. The lowest BCUT2D eigenvalue weighted by molar-refractivity contribution is 0.315. The van der Waals surface area contributed by atoms with Gasteiger partial charge in [-0.1, -0.05) is 6.07 Å². The first kappa shape index (κ1) is 9.62. The molecule has 0 saturated carbocycles. The summed E-state index contributed by atoms with van der Waals surface area (Å²) in [5.74, 6) is 0. The number of nitrogens with zero attached hydrogens (tertiary/aromatic N) is 1. The fourth-order valence-electron chi connectivity index (χ4n) is 2.19. The number of aromatic nitrogens is 1. The van der Waals surface area contributed by atoms with Gasteiger partial charge in [0.1, 0.15) is 0 Å². The number of piperidine rings is 1. The predicted molar refractivity (Wildman–Crippen MR) is 57.1 cm³/mol. The zero-order valence-corrected chi connectivity index (χ0v) is 8.37. The highest BCUT2D eigenvalue weighted by Gasteiger charge is 2.32. The van der Waals surface area contributed by atoms with Crippen LogP contribution in [0.25, 0.3) is 0 Å². The van der Waals surface area contributed by atoms with Gasteiger partial charge in [0.05, 0.1) is 0 Å². The standard InChI is InChI=1S/C11H17N3/c12-9-11(3-6-13-7-4-11)10-2-1-5-14-8-10/h1-2,5,8,13H,3-4,6-7,9,12H2. The summed E-state index contributed by atoms with van der Waals surface area (Å²) < 4.78 is 0. The van der Waals surface area contributed by atoms with Gasteiger partial charge in [-0.25, -0.2) is 0 Å². The molecule has 1 aromatic heterocycles. The third-order valence-corrected chi connectivity index (χ3v) is 3.23. The molecule has 0 atom stereocenters. The maximum Gasteiger partial charge on any atom is 0.0306 e. The number of hydrogen-bond donors (Lipinski definition) is 2. The summed E-state index contributed by atoms with van der Waals surface area (Å²) in [4.78, 5) is 4.18. The fraction of sp³-hybridized carbons (Fsp3) is 0.545. The van der Waals surface area contributed by atoms with Crippen molar-refractivity contribution in [3.63, 3.8) is 0 Å². The number of nitrogens with one attached hydrogen (secondary N) is 1. The molecular weight excluding hydrogens is 174 g/mol. The lowest BCUT2D eigenvalue weighted by Crippen LogP contribution is -2.44. The quantitative estimate of drug-likeness (QED) is 0.722. The largest absolute Gasteiger partial charge is 0.330 e. The van der Waals surface area contributed by atoms with E-state index in [2.05, 4.69) is 16.4 Å². The molecule has 2 heterocycles. The highest BCUT2D eigenvalue weighted by Crippen LogP contribution is 2.31. The van der Waals surface area contributed by atoms with Crippen LogP contribution in [0, 0.1) is 0 Å². The Kier molecular flexibility index (Phi) is 2.79. The van der Waals surface area contributed by atoms with E-state index in [0.29, 0.717) is 0 Å². The summed E-state index contributed by atoms with van der Waals surface area (Å²) in [5, 5.41) is 3.37. The maximum atomic E-state index is 5.91. The summed E-state index contributed by atoms with van der Waals surface area (Å²) in [6.45, 7) is 2.85. The smallest absolute Gasteiger partial charge is 0.0306 e. The molecule has 76 valence electrons. The summed E-state index contributed by atoms with van der Waals surface area (Å²) in [5.41, 5.74) is 7.38. The van der Waals surface area contributed by atoms with Crippen LogP contribution >= 0.6 is 0 Å². The van der Waals surface area contributed by atoms with Crippen LogP contribution in [-0.4, -0.2) is 24.6 Å². The molecule has 0 aliphatic carbocycles. The van der Waals surface area contributed by atoms with Gasteiger partial charge in [-0.3, -0.25) is 4.98 Å². The lowest BCUT2D eigenvalue weighted by Gasteiger charge is -2.36. The van der Waals surface area contributed by atoms with E-state index < -0.39 is 0 Å². The number of nitrogens with two attached hydrogens (primary N) is 1. The van der Waals surface area contributed by atoms with E-state index in [4.69, 9.17) is 5.73 Å². The third kappa shape index (κ3) is 1.65. The molecule has 1 saturated heterocycles. The van der Waals surface area contributed by atoms with Gasteiger partial charge in [0, 0.05) is 24.4 Å². The van der Waals surface area contributed by atoms with E-state index in [1.807, 2.05) is 18.5 Å². The lowest BCUT2D eigenvalue weighted by atomic mass is 9.74. The molecule has 0 radical (unpaired) electrons. The molecule has 0 spiro atoms. The van der Waals surface area contributed by atoms with Crippen LogP contribution in [0.5, 0.6) is 0 Å². The molecule has 0 amide bonds. The topological polar surface area (TPSA) is 50.9 Å². The van der Waals surface area contributed by atoms with Crippen molar-refractivity contribution in [2.24, 2.45) is 5.73 Å². The van der Waals surface area contributed by atoms with Crippen molar-refractivity contribution in [2.75, 3.05) is 19.6 Å². The first-order valence-corrected chi connectivity index (χ1v) is 5.19. The molecule has 1 aliphatic heterocycles. The van der Waals surface area contributed by atoms with Crippen LogP contribution in [0.4, 0.5) is 0 Å². The Morgan fingerprint density at radius 1 is 1.43 bits per heavy atom. The zero-order chi connectivity index (χ0) is 9.86. The number of pyridine rings is 1. The van der Waals surface area contributed by atoms with Gasteiger partial charge < -0.3 is 11.1 Å². The molecule has 2 rings (SSSR count). The van der Waals surface area contributed by atoms with E-state index in [1.165, 1.54) is 5.56 Å². The summed E-state index contributed by atoms with van der Waals surface area (Å²) in [6, 6.07) is 4.14. The molecular formula is C11H17N3. The van der Waals surface area contributed by atoms with Gasteiger partial charge in [-0.05, 0) is 37.6 Å². The van der Waals surface area contributed by atoms with Crippen LogP contribution in [0.1, 0.15) is 18.4 Å². The van der Waals surface area contributed by atoms with Crippen LogP contribution in [0.3, 0.4) is 0 Å². The normalized spacial score (nSPS) is 20.6. The van der Waals surface area contributed by atoms with Crippen molar-refractivity contribution in [2.45, 2.75) is 18.3 Å². The van der Waals surface area contributed by atoms with Crippen molar-refractivity contribution < 1.29 is 0 Å². The second-order valence-corrected chi connectivity index (χ2v) is 3.98. The Morgan fingerprint density at radius 3 is 2.79 bits per heavy atom. The molecule has 3 nitrogen and oxygen atoms in total. The molecule has 1 aliphatic rings. The minimum Gasteiger partial charge on any atom is -0.330 e. The second kappa shape index (κ2) is 4.07. The Morgan fingerprint density at radius 2 is 2.21 bits per heavy atom. The minimum atomic E-state index is 0.166. The average Bonchev–Trinajstić information content (AvgIpc) is 2.31. The molecule has 0 bridgehead atoms. The van der Waals surface area contributed by atoms with Crippen molar-refractivity contribution in [3.8, 4) is 0 Å². The van der Waals surface area contributed by atoms with E-state index in [0.717, 1.165) is 32.5 Å². The zero-order valence-electron chi connectivity index (χ0n) is 8.37. The van der Waals surface area contributed by atoms with Crippen molar-refractivity contribution >= 4 is 0 Å². The van der Waals surface area contributed by atoms with Crippen molar-refractivity contribution in [1.29, 1.82) is 0 Å². The number of hydrogen-bond acceptors (Lipinski definition) is 3. The summed E-state index contributed by atoms with van der Waals surface area (Å²) in [6.07, 6.45) is 6.01. The molecule has 3 N–H and O–H groups in total. The molecule has 1 aromatic rings. The monoisotopic (exact) mass is 191 g/mol. The first-order chi connectivity index (χ1) is 6.87. The van der Waals surface area contributed by atoms with Crippen molar-refractivity contribution in [1.82, 2.24) is 10.3 Å². The van der Waals surface area contributed by atoms with Gasteiger partial charge in [0.25, 0.3) is 0 Å². The second-order valence-electron chi connectivity index (χ2n) is 3.98. The molecule has 0 aromatic carbocycles. The van der Waals surface area contributed by atoms with Gasteiger partial charge >= 0.3 is 0 Å². The van der Waals surface area contributed by atoms with Crippen LogP contribution in [0.15, 0.2) is 24.5 Å². The van der Waals surface area contributed by atoms with Crippen molar-refractivity contribution in [3.05, 3.63) is 30.1 Å². The summed E-state index contributed by atoms with van der Waals surface area (Å²) >= 11 is 0. The maximum absolute atomic E-state index is 5.91. The number of rotatable bonds is 2. The Balaban J connectivity index is 2.27. The first-order valence-electron chi connectivity index (χ1n) is 5.19. The summed E-state index contributed by atoms with van der Waals surface area (Å²) in [7, 11) is 0. The highest BCUT2D eigenvalue weighted by molar-refractivity contribution is 5.23. The van der Waals surface area contributed by atoms with Gasteiger partial charge in [0.15, 0.2) is 0 Å². The molecule has 0 unspecified atom stereocenters. The highest BCUT2D eigenvalue weighted by atomic mass is 14.9. The Labute approximate surface area is 84.7 Å². The van der Waals surface area contributed by atoms with E-state index in [1.54, 1.807) is 0 Å². The third-order valence-electron chi connectivity index (χ3n) is 3.23. The van der Waals surface area contributed by atoms with E-state index >= 15 is 0 Å². The predicted octanol–water partition coefficient (Wildman–Crippen LogP) is 0.661. The Hall–Kier alpha value is -0.930.